The molecule has 1 N–H and O–H groups in total. The van der Waals surface area contributed by atoms with Gasteiger partial charge in [0.1, 0.15) is 0 Å². The van der Waals surface area contributed by atoms with E-state index in [0.29, 0.717) is 28.7 Å². The van der Waals surface area contributed by atoms with Crippen molar-refractivity contribution in [1.29, 1.82) is 0 Å². The molecular formula is C28H22Br2N4O2. The zero-order chi connectivity index (χ0) is 25.4. The molecule has 0 aliphatic rings. The molecular weight excluding hydrogens is 584 g/mol. The molecule has 0 fully saturated rings. The lowest BCUT2D eigenvalue weighted by molar-refractivity contribution is 0.0996. The van der Waals surface area contributed by atoms with Crippen molar-refractivity contribution < 1.29 is 9.90 Å². The molecule has 5 rings (SSSR count). The van der Waals surface area contributed by atoms with Crippen molar-refractivity contribution in [2.45, 2.75) is 26.8 Å². The second kappa shape index (κ2) is 9.95. The Balaban J connectivity index is 1.63. The molecule has 0 saturated heterocycles. The fourth-order valence-electron chi connectivity index (χ4n) is 4.28. The molecule has 0 saturated carbocycles. The molecule has 5 aromatic rings. The highest BCUT2D eigenvalue weighted by atomic mass is 79.9. The van der Waals surface area contributed by atoms with Crippen LogP contribution in [-0.2, 0) is 6.54 Å². The summed E-state index contributed by atoms with van der Waals surface area (Å²) in [6, 6.07) is 21.0. The largest absolute Gasteiger partial charge is 0.493 e. The Morgan fingerprint density at radius 1 is 0.972 bits per heavy atom. The van der Waals surface area contributed by atoms with Gasteiger partial charge in [0.25, 0.3) is 5.91 Å². The van der Waals surface area contributed by atoms with Gasteiger partial charge in [0, 0.05) is 31.8 Å². The van der Waals surface area contributed by atoms with Crippen molar-refractivity contribution in [2.75, 3.05) is 0 Å². The third-order valence-electron chi connectivity index (χ3n) is 5.99. The number of aromatic hydroxyl groups is 1. The van der Waals surface area contributed by atoms with Crippen molar-refractivity contribution >= 4 is 65.3 Å². The first-order chi connectivity index (χ1) is 17.4. The number of hydrogen-bond donors (Lipinski definition) is 1. The van der Waals surface area contributed by atoms with Gasteiger partial charge < -0.3 is 9.67 Å². The quantitative estimate of drug-likeness (QED) is 0.203. The van der Waals surface area contributed by atoms with Gasteiger partial charge in [-0.2, -0.15) is 0 Å². The Labute approximate surface area is 225 Å². The second-order valence-corrected chi connectivity index (χ2v) is 10.4. The number of fused-ring (bicyclic) bond motifs is 2. The topological polar surface area (TPSA) is 79.8 Å². The molecule has 0 bridgehead atoms. The first-order valence-electron chi connectivity index (χ1n) is 11.5. The lowest BCUT2D eigenvalue weighted by Crippen LogP contribution is -1.99. The minimum atomic E-state index is -0.503. The predicted octanol–water partition coefficient (Wildman–Crippen LogP) is 8.73. The average Bonchev–Trinajstić information content (AvgIpc) is 3.12. The van der Waals surface area contributed by atoms with E-state index in [9.17, 15) is 9.90 Å². The monoisotopic (exact) mass is 604 g/mol. The Hall–Kier alpha value is -3.36. The number of carbonyl (C=O) groups is 1. The average molecular weight is 606 g/mol. The third-order valence-corrected chi connectivity index (χ3v) is 7.02. The van der Waals surface area contributed by atoms with Gasteiger partial charge in [0.2, 0.25) is 5.88 Å². The maximum absolute atomic E-state index is 13.4. The van der Waals surface area contributed by atoms with Gasteiger partial charge in [-0.25, -0.2) is 4.98 Å². The summed E-state index contributed by atoms with van der Waals surface area (Å²) in [7, 11) is 0. The van der Waals surface area contributed by atoms with Crippen LogP contribution < -0.4 is 0 Å². The molecule has 180 valence electrons. The van der Waals surface area contributed by atoms with Crippen molar-refractivity contribution in [3.8, 4) is 17.1 Å². The van der Waals surface area contributed by atoms with Crippen LogP contribution in [0.3, 0.4) is 0 Å². The van der Waals surface area contributed by atoms with Gasteiger partial charge in [-0.3, -0.25) is 4.79 Å². The van der Waals surface area contributed by atoms with E-state index in [-0.39, 0.29) is 11.6 Å². The summed E-state index contributed by atoms with van der Waals surface area (Å²) in [5, 5.41) is 20.7. The molecule has 8 heteroatoms. The van der Waals surface area contributed by atoms with E-state index in [4.69, 9.17) is 4.98 Å². The highest BCUT2D eigenvalue weighted by Crippen LogP contribution is 2.40. The van der Waals surface area contributed by atoms with Crippen molar-refractivity contribution in [2.24, 2.45) is 10.2 Å². The molecule has 1 amide bonds. The van der Waals surface area contributed by atoms with E-state index >= 15 is 0 Å². The number of aryl methyl sites for hydroxylation is 2. The van der Waals surface area contributed by atoms with E-state index in [2.05, 4.69) is 42.1 Å². The molecule has 0 spiro atoms. The third kappa shape index (κ3) is 4.58. The molecule has 6 nitrogen and oxygen atoms in total. The number of amides is 1. The fraction of sp³-hybridized carbons (Fsp3) is 0.143. The van der Waals surface area contributed by atoms with Gasteiger partial charge in [0.05, 0.1) is 22.3 Å². The SMILES string of the molecule is CCCn1c(O)c(N=NC(=O)c2cc(-c3ccc(Br)cc3)nc3ccc(C)cc23)c2cc(Br)ccc21. The van der Waals surface area contributed by atoms with Gasteiger partial charge >= 0.3 is 0 Å². The van der Waals surface area contributed by atoms with Crippen LogP contribution in [0.4, 0.5) is 5.69 Å². The number of azo groups is 1. The molecule has 36 heavy (non-hydrogen) atoms. The van der Waals surface area contributed by atoms with E-state index in [1.54, 1.807) is 10.6 Å². The zero-order valence-corrected chi connectivity index (χ0v) is 22.8. The maximum atomic E-state index is 13.4. The Kier molecular flexibility index (Phi) is 6.73. The van der Waals surface area contributed by atoms with Crippen LogP contribution in [0.1, 0.15) is 29.3 Å². The molecule has 0 atom stereocenters. The molecule has 3 aromatic carbocycles. The van der Waals surface area contributed by atoms with Crippen molar-refractivity contribution in [3.05, 3.63) is 86.8 Å². The van der Waals surface area contributed by atoms with Crippen LogP contribution in [-0.4, -0.2) is 20.6 Å². The van der Waals surface area contributed by atoms with Crippen LogP contribution in [0, 0.1) is 6.92 Å². The van der Waals surface area contributed by atoms with Gasteiger partial charge in [-0.15, -0.1) is 10.2 Å². The summed E-state index contributed by atoms with van der Waals surface area (Å²) >= 11 is 6.94. The lowest BCUT2D eigenvalue weighted by atomic mass is 10.0. The summed E-state index contributed by atoms with van der Waals surface area (Å²) in [5.74, 6) is -0.510. The summed E-state index contributed by atoms with van der Waals surface area (Å²) in [6.45, 7) is 4.63. The summed E-state index contributed by atoms with van der Waals surface area (Å²) in [6.07, 6.45) is 0.837. The Morgan fingerprint density at radius 2 is 1.72 bits per heavy atom. The van der Waals surface area contributed by atoms with E-state index in [1.165, 1.54) is 0 Å². The first kappa shape index (κ1) is 24.3. The molecule has 2 heterocycles. The zero-order valence-electron chi connectivity index (χ0n) is 19.7. The fourth-order valence-corrected chi connectivity index (χ4v) is 4.90. The number of hydrogen-bond acceptors (Lipinski definition) is 4. The normalized spacial score (nSPS) is 11.7. The number of benzene rings is 3. The minimum absolute atomic E-state index is 0.00696. The molecule has 0 radical (unpaired) electrons. The van der Waals surface area contributed by atoms with E-state index < -0.39 is 5.91 Å². The Bertz CT molecular complexity index is 1660. The van der Waals surface area contributed by atoms with Crippen LogP contribution >= 0.6 is 31.9 Å². The summed E-state index contributed by atoms with van der Waals surface area (Å²) in [5.41, 5.74) is 4.78. The Morgan fingerprint density at radius 3 is 2.47 bits per heavy atom. The van der Waals surface area contributed by atoms with E-state index in [1.807, 2.05) is 74.5 Å². The molecule has 0 aliphatic carbocycles. The summed E-state index contributed by atoms with van der Waals surface area (Å²) < 4.78 is 3.60. The van der Waals surface area contributed by atoms with Gasteiger partial charge in [-0.05, 0) is 61.9 Å². The van der Waals surface area contributed by atoms with Crippen LogP contribution in [0.5, 0.6) is 5.88 Å². The van der Waals surface area contributed by atoms with Crippen molar-refractivity contribution in [3.63, 3.8) is 0 Å². The van der Waals surface area contributed by atoms with Crippen LogP contribution in [0.25, 0.3) is 33.1 Å². The van der Waals surface area contributed by atoms with E-state index in [0.717, 1.165) is 37.4 Å². The smallest absolute Gasteiger partial charge is 0.296 e. The van der Waals surface area contributed by atoms with Crippen LogP contribution in [0.15, 0.2) is 85.9 Å². The predicted molar refractivity (Wildman–Crippen MR) is 150 cm³/mol. The molecule has 0 unspecified atom stereocenters. The minimum Gasteiger partial charge on any atom is -0.493 e. The number of rotatable bonds is 5. The molecule has 0 aliphatic heterocycles. The highest BCUT2D eigenvalue weighted by molar-refractivity contribution is 9.10. The van der Waals surface area contributed by atoms with Crippen LogP contribution in [0.2, 0.25) is 0 Å². The number of aromatic nitrogens is 2. The van der Waals surface area contributed by atoms with Gasteiger partial charge in [-0.1, -0.05) is 62.5 Å². The first-order valence-corrected chi connectivity index (χ1v) is 13.1. The number of nitrogens with zero attached hydrogens (tertiary/aromatic N) is 4. The maximum Gasteiger partial charge on any atom is 0.296 e. The lowest BCUT2D eigenvalue weighted by Gasteiger charge is -2.08. The molecule has 2 aromatic heterocycles. The number of pyridine rings is 1. The highest BCUT2D eigenvalue weighted by Gasteiger charge is 2.19. The number of halogens is 2. The standard InChI is InChI=1S/C28H22Br2N4O2/c1-3-12-34-25-11-9-19(30)14-22(25)26(28(34)36)32-33-27(35)21-15-24(17-5-7-18(29)8-6-17)31-23-10-4-16(2)13-20(21)23/h4-11,13-15,36H,3,12H2,1-2H3. The second-order valence-electron chi connectivity index (χ2n) is 8.57. The van der Waals surface area contributed by atoms with Crippen molar-refractivity contribution in [1.82, 2.24) is 9.55 Å². The van der Waals surface area contributed by atoms with Gasteiger partial charge in [0.15, 0.2) is 5.69 Å². The number of carbonyl (C=O) groups excluding carboxylic acids is 1. The summed E-state index contributed by atoms with van der Waals surface area (Å²) in [4.78, 5) is 18.2.